The summed E-state index contributed by atoms with van der Waals surface area (Å²) < 4.78 is 60.8. The molecule has 2 N–H and O–H groups in total. The fraction of sp³-hybridized carbons (Fsp3) is 0.316. The third kappa shape index (κ3) is 2.62. The first-order valence-electron chi connectivity index (χ1n) is 8.68. The molecule has 2 aromatic rings. The Morgan fingerprint density at radius 1 is 1.14 bits per heavy atom. The summed E-state index contributed by atoms with van der Waals surface area (Å²) in [6, 6.07) is 7.54. The van der Waals surface area contributed by atoms with Crippen LogP contribution in [0.3, 0.4) is 0 Å². The van der Waals surface area contributed by atoms with Crippen LogP contribution < -0.4 is 10.6 Å². The number of hydrazone groups is 1. The third-order valence-corrected chi connectivity index (χ3v) is 8.47. The van der Waals surface area contributed by atoms with E-state index >= 15 is 0 Å². The van der Waals surface area contributed by atoms with Crippen molar-refractivity contribution in [2.45, 2.75) is 28.9 Å². The van der Waals surface area contributed by atoms with Crippen LogP contribution in [0, 0.1) is 17.6 Å². The van der Waals surface area contributed by atoms with E-state index in [0.717, 1.165) is 12.1 Å². The summed E-state index contributed by atoms with van der Waals surface area (Å²) in [6.45, 7) is -0.0841. The molecule has 5 nitrogen and oxygen atoms in total. The molecule has 0 radical (unpaired) electrons. The average Bonchev–Trinajstić information content (AvgIpc) is 2.69. The van der Waals surface area contributed by atoms with Gasteiger partial charge in [0.2, 0.25) is 0 Å². The number of nitrogens with zero attached hydrogens (tertiary/aromatic N) is 1. The maximum absolute atomic E-state index is 15.0. The molecule has 2 aliphatic rings. The van der Waals surface area contributed by atoms with Crippen molar-refractivity contribution in [2.24, 2.45) is 16.9 Å². The Bertz CT molecular complexity index is 1070. The van der Waals surface area contributed by atoms with Crippen molar-refractivity contribution in [2.75, 3.05) is 6.61 Å². The molecule has 1 heterocycles. The largest absolute Gasteiger partial charge is 0.490 e. The smallest absolute Gasteiger partial charge is 0.188 e. The second-order valence-corrected chi connectivity index (χ2v) is 9.63. The molecule has 148 valence electrons. The number of hydrogen-bond donors (Lipinski definition) is 1. The Kier molecular flexibility index (Phi) is 4.58. The fourth-order valence-corrected chi connectivity index (χ4v) is 6.75. The minimum absolute atomic E-state index is 0.00783. The van der Waals surface area contributed by atoms with Gasteiger partial charge in [-0.1, -0.05) is 11.6 Å². The zero-order valence-electron chi connectivity index (χ0n) is 14.7. The molecule has 9 heteroatoms. The van der Waals surface area contributed by atoms with Crippen molar-refractivity contribution in [1.29, 1.82) is 0 Å². The zero-order chi connectivity index (χ0) is 20.1. The van der Waals surface area contributed by atoms with E-state index in [0.29, 0.717) is 10.7 Å². The molecule has 0 saturated heterocycles. The summed E-state index contributed by atoms with van der Waals surface area (Å²) in [5, 5.41) is 4.09. The molecule has 1 fully saturated rings. The highest BCUT2D eigenvalue weighted by Crippen LogP contribution is 2.56. The van der Waals surface area contributed by atoms with E-state index in [1.54, 1.807) is 0 Å². The quantitative estimate of drug-likeness (QED) is 0.585. The molecule has 0 spiro atoms. The first kappa shape index (κ1) is 19.1. The fourth-order valence-electron chi connectivity index (χ4n) is 4.29. The van der Waals surface area contributed by atoms with Gasteiger partial charge in [0.15, 0.2) is 21.4 Å². The van der Waals surface area contributed by atoms with Gasteiger partial charge in [-0.15, -0.1) is 0 Å². The first-order valence-corrected chi connectivity index (χ1v) is 10.5. The van der Waals surface area contributed by atoms with E-state index in [-0.39, 0.29) is 42.1 Å². The van der Waals surface area contributed by atoms with E-state index in [9.17, 15) is 17.2 Å². The highest BCUT2D eigenvalue weighted by molar-refractivity contribution is 7.92. The minimum Gasteiger partial charge on any atom is -0.490 e. The number of nitrogens with two attached hydrogens (primary N) is 1. The van der Waals surface area contributed by atoms with Crippen molar-refractivity contribution >= 4 is 27.1 Å². The van der Waals surface area contributed by atoms with Crippen LogP contribution in [0.1, 0.15) is 24.8 Å². The number of halogens is 3. The standard InChI is InChI=1S/C19H17ClF2N2O3S/c20-12-1-3-14(4-2-12)28(25,26)19-8-7-13(24-23)9-11(19)10-27-18-16(22)6-5-15(21)17(18)19/h1-6,11H,7-10,23H2/b24-13+/t11-,19+/m1/s1. The Morgan fingerprint density at radius 2 is 1.82 bits per heavy atom. The molecule has 0 bridgehead atoms. The van der Waals surface area contributed by atoms with Crippen LogP contribution >= 0.6 is 11.6 Å². The second-order valence-electron chi connectivity index (χ2n) is 6.99. The number of sulfone groups is 1. The van der Waals surface area contributed by atoms with Crippen molar-refractivity contribution in [3.05, 3.63) is 58.6 Å². The predicted octanol–water partition coefficient (Wildman–Crippen LogP) is 3.79. The van der Waals surface area contributed by atoms with E-state index < -0.39 is 32.1 Å². The zero-order valence-corrected chi connectivity index (χ0v) is 16.2. The summed E-state index contributed by atoms with van der Waals surface area (Å²) in [6.07, 6.45) is 0.503. The Balaban J connectivity index is 2.02. The number of fused-ring (bicyclic) bond motifs is 3. The van der Waals surface area contributed by atoms with Gasteiger partial charge in [-0.05, 0) is 55.7 Å². The maximum atomic E-state index is 15.0. The highest BCUT2D eigenvalue weighted by Gasteiger charge is 2.59. The van der Waals surface area contributed by atoms with Crippen molar-refractivity contribution in [1.82, 2.24) is 0 Å². The first-order chi connectivity index (χ1) is 13.3. The lowest BCUT2D eigenvalue weighted by Gasteiger charge is -2.47. The number of rotatable bonds is 2. The lowest BCUT2D eigenvalue weighted by Crippen LogP contribution is -2.52. The normalized spacial score (nSPS) is 25.7. The van der Waals surface area contributed by atoms with Crippen LogP contribution in [-0.4, -0.2) is 20.7 Å². The number of benzene rings is 2. The third-order valence-electron chi connectivity index (χ3n) is 5.62. The molecule has 0 aromatic heterocycles. The second kappa shape index (κ2) is 6.70. The molecule has 1 aliphatic heterocycles. The van der Waals surface area contributed by atoms with Gasteiger partial charge in [0, 0.05) is 16.7 Å². The lowest BCUT2D eigenvalue weighted by molar-refractivity contribution is 0.151. The van der Waals surface area contributed by atoms with E-state index in [1.165, 1.54) is 24.3 Å². The molecule has 28 heavy (non-hydrogen) atoms. The molecular formula is C19H17ClF2N2O3S. The Morgan fingerprint density at radius 3 is 2.50 bits per heavy atom. The van der Waals surface area contributed by atoms with Gasteiger partial charge < -0.3 is 10.6 Å². The van der Waals surface area contributed by atoms with Crippen LogP contribution in [0.2, 0.25) is 5.02 Å². The maximum Gasteiger partial charge on any atom is 0.188 e. The molecule has 0 unspecified atom stereocenters. The van der Waals surface area contributed by atoms with Gasteiger partial charge in [-0.3, -0.25) is 0 Å². The van der Waals surface area contributed by atoms with Crippen molar-refractivity contribution < 1.29 is 21.9 Å². The van der Waals surface area contributed by atoms with Crippen molar-refractivity contribution in [3.63, 3.8) is 0 Å². The summed E-state index contributed by atoms with van der Waals surface area (Å²) in [5.74, 6) is 2.79. The Labute approximate surface area is 166 Å². The monoisotopic (exact) mass is 426 g/mol. The van der Waals surface area contributed by atoms with E-state index in [2.05, 4.69) is 5.10 Å². The topological polar surface area (TPSA) is 81.8 Å². The molecular weight excluding hydrogens is 410 g/mol. The summed E-state index contributed by atoms with van der Waals surface area (Å²) in [5.41, 5.74) is 0.366. The van der Waals surface area contributed by atoms with Gasteiger partial charge in [-0.25, -0.2) is 17.2 Å². The van der Waals surface area contributed by atoms with Gasteiger partial charge in [0.05, 0.1) is 17.1 Å². The van der Waals surface area contributed by atoms with Gasteiger partial charge in [-0.2, -0.15) is 5.10 Å². The summed E-state index contributed by atoms with van der Waals surface area (Å²) >= 11 is 5.89. The number of hydrogen-bond acceptors (Lipinski definition) is 5. The predicted molar refractivity (Wildman–Crippen MR) is 101 cm³/mol. The van der Waals surface area contributed by atoms with Crippen LogP contribution in [0.25, 0.3) is 0 Å². The number of ether oxygens (including phenoxy) is 1. The minimum atomic E-state index is -4.13. The molecule has 0 amide bonds. The van der Waals surface area contributed by atoms with Gasteiger partial charge in [0.1, 0.15) is 10.6 Å². The van der Waals surface area contributed by atoms with Crippen molar-refractivity contribution in [3.8, 4) is 5.75 Å². The molecule has 1 aliphatic carbocycles. The van der Waals surface area contributed by atoms with Crippen LogP contribution in [0.15, 0.2) is 46.4 Å². The van der Waals surface area contributed by atoms with E-state index in [4.69, 9.17) is 22.2 Å². The molecule has 4 rings (SSSR count). The summed E-state index contributed by atoms with van der Waals surface area (Å²) in [4.78, 5) is -0.00783. The van der Waals surface area contributed by atoms with Crippen LogP contribution in [0.4, 0.5) is 8.78 Å². The van der Waals surface area contributed by atoms with Crippen LogP contribution in [-0.2, 0) is 14.6 Å². The summed E-state index contributed by atoms with van der Waals surface area (Å²) in [7, 11) is -4.13. The molecule has 2 aromatic carbocycles. The SMILES string of the molecule is N/N=C1\CC[C@@]2(S(=O)(=O)c3ccc(Cl)cc3)c3c(F)ccc(F)c3OC[C@H]2C1. The van der Waals surface area contributed by atoms with Gasteiger partial charge in [0.25, 0.3) is 0 Å². The Hall–Kier alpha value is -2.19. The van der Waals surface area contributed by atoms with Gasteiger partial charge >= 0.3 is 0 Å². The lowest BCUT2D eigenvalue weighted by atomic mass is 9.72. The molecule has 1 saturated carbocycles. The van der Waals surface area contributed by atoms with E-state index in [1.807, 2.05) is 0 Å². The molecule has 2 atom stereocenters. The highest BCUT2D eigenvalue weighted by atomic mass is 35.5. The average molecular weight is 427 g/mol. The van der Waals surface area contributed by atoms with Crippen LogP contribution in [0.5, 0.6) is 5.75 Å².